The van der Waals surface area contributed by atoms with Crippen LogP contribution in [0.2, 0.25) is 0 Å². The fraction of sp³-hybridized carbons (Fsp3) is 0.455. The summed E-state index contributed by atoms with van der Waals surface area (Å²) in [4.78, 5) is 33.6. The van der Waals surface area contributed by atoms with Crippen LogP contribution < -0.4 is 10.6 Å². The minimum absolute atomic E-state index is 0.0875. The van der Waals surface area contributed by atoms with Crippen molar-refractivity contribution >= 4 is 28.2 Å². The summed E-state index contributed by atoms with van der Waals surface area (Å²) in [6, 6.07) is 0.656. The van der Waals surface area contributed by atoms with Crippen molar-refractivity contribution in [2.45, 2.75) is 25.3 Å². The molecule has 1 fully saturated rings. The van der Waals surface area contributed by atoms with Gasteiger partial charge in [0.2, 0.25) is 5.91 Å². The van der Waals surface area contributed by atoms with Crippen LogP contribution >= 0.6 is 11.3 Å². The SMILES string of the molecule is O=C(N[C@@H]1CCCCNC1=O)c1csc([N+](=O)[O-])c1. The molecule has 0 unspecified atom stereocenters. The Morgan fingerprint density at radius 2 is 2.32 bits per heavy atom. The number of hydrogen-bond acceptors (Lipinski definition) is 5. The van der Waals surface area contributed by atoms with E-state index in [0.29, 0.717) is 13.0 Å². The molecule has 1 aliphatic rings. The summed E-state index contributed by atoms with van der Waals surface area (Å²) >= 11 is 0.892. The van der Waals surface area contributed by atoms with E-state index in [1.54, 1.807) is 0 Å². The third-order valence-corrected chi connectivity index (χ3v) is 3.75. The number of hydrogen-bond donors (Lipinski definition) is 2. The second-order valence-electron chi connectivity index (χ2n) is 4.24. The highest BCUT2D eigenvalue weighted by atomic mass is 32.1. The molecule has 0 saturated carbocycles. The molecule has 0 spiro atoms. The Balaban J connectivity index is 2.02. The summed E-state index contributed by atoms with van der Waals surface area (Å²) in [5, 5.41) is 17.2. The molecule has 2 heterocycles. The largest absolute Gasteiger partial charge is 0.354 e. The first-order valence-electron chi connectivity index (χ1n) is 5.89. The van der Waals surface area contributed by atoms with Gasteiger partial charge in [0.25, 0.3) is 5.91 Å². The predicted octanol–water partition coefficient (Wildman–Crippen LogP) is 1.05. The first kappa shape index (κ1) is 13.5. The van der Waals surface area contributed by atoms with E-state index >= 15 is 0 Å². The van der Waals surface area contributed by atoms with Crippen LogP contribution in [0.15, 0.2) is 11.4 Å². The Bertz CT molecular complexity index is 514. The summed E-state index contributed by atoms with van der Waals surface area (Å²) in [5.41, 5.74) is 0.216. The van der Waals surface area contributed by atoms with Gasteiger partial charge in [-0.05, 0) is 19.3 Å². The molecule has 102 valence electrons. The van der Waals surface area contributed by atoms with Crippen LogP contribution in [0.5, 0.6) is 0 Å². The molecule has 0 radical (unpaired) electrons. The molecule has 2 amide bonds. The maximum atomic E-state index is 11.9. The van der Waals surface area contributed by atoms with E-state index in [2.05, 4.69) is 10.6 Å². The maximum Gasteiger partial charge on any atom is 0.324 e. The molecule has 2 N–H and O–H groups in total. The van der Waals surface area contributed by atoms with E-state index in [-0.39, 0.29) is 16.5 Å². The summed E-state index contributed by atoms with van der Waals surface area (Å²) in [6.07, 6.45) is 2.33. The van der Waals surface area contributed by atoms with Gasteiger partial charge in [-0.15, -0.1) is 0 Å². The molecule has 19 heavy (non-hydrogen) atoms. The molecule has 1 aromatic heterocycles. The van der Waals surface area contributed by atoms with Gasteiger partial charge in [0.05, 0.1) is 10.5 Å². The molecule has 7 nitrogen and oxygen atoms in total. The van der Waals surface area contributed by atoms with Crippen molar-refractivity contribution in [3.8, 4) is 0 Å². The Hall–Kier alpha value is -1.96. The van der Waals surface area contributed by atoms with Gasteiger partial charge in [0.15, 0.2) is 0 Å². The van der Waals surface area contributed by atoms with Crippen LogP contribution in [0.25, 0.3) is 0 Å². The number of thiophene rings is 1. The van der Waals surface area contributed by atoms with E-state index in [1.807, 2.05) is 0 Å². The predicted molar refractivity (Wildman–Crippen MR) is 69.1 cm³/mol. The highest BCUT2D eigenvalue weighted by Gasteiger charge is 2.24. The molecule has 0 bridgehead atoms. The zero-order valence-corrected chi connectivity index (χ0v) is 10.9. The fourth-order valence-electron chi connectivity index (χ4n) is 1.86. The third kappa shape index (κ3) is 3.28. The van der Waals surface area contributed by atoms with Gasteiger partial charge in [-0.3, -0.25) is 19.7 Å². The number of nitro groups is 1. The minimum atomic E-state index is -0.561. The van der Waals surface area contributed by atoms with Crippen molar-refractivity contribution < 1.29 is 14.5 Å². The van der Waals surface area contributed by atoms with Crippen LogP contribution in [0.1, 0.15) is 29.6 Å². The number of nitrogens with one attached hydrogen (secondary N) is 2. The molecule has 0 aliphatic carbocycles. The number of amides is 2. The molecule has 2 rings (SSSR count). The maximum absolute atomic E-state index is 11.9. The van der Waals surface area contributed by atoms with E-state index in [9.17, 15) is 19.7 Å². The van der Waals surface area contributed by atoms with Gasteiger partial charge in [-0.2, -0.15) is 0 Å². The molecule has 1 atom stereocenters. The van der Waals surface area contributed by atoms with Gasteiger partial charge >= 0.3 is 5.00 Å². The van der Waals surface area contributed by atoms with Gasteiger partial charge in [-0.25, -0.2) is 0 Å². The first-order valence-corrected chi connectivity index (χ1v) is 6.77. The van der Waals surface area contributed by atoms with Crippen molar-refractivity contribution in [2.75, 3.05) is 6.54 Å². The van der Waals surface area contributed by atoms with Crippen molar-refractivity contribution in [1.29, 1.82) is 0 Å². The standard InChI is InChI=1S/C11H13N3O4S/c15-10(7-5-9(14(17)18)19-6-7)13-8-3-1-2-4-12-11(8)16/h5-6,8H,1-4H2,(H,12,16)(H,13,15)/t8-/m1/s1. The highest BCUT2D eigenvalue weighted by molar-refractivity contribution is 7.13. The minimum Gasteiger partial charge on any atom is -0.354 e. The summed E-state index contributed by atoms with van der Waals surface area (Å²) in [7, 11) is 0. The van der Waals surface area contributed by atoms with E-state index in [4.69, 9.17) is 0 Å². The molecule has 0 aromatic carbocycles. The summed E-state index contributed by atoms with van der Waals surface area (Å²) < 4.78 is 0. The molecule has 1 aromatic rings. The Labute approximate surface area is 113 Å². The Morgan fingerprint density at radius 1 is 1.53 bits per heavy atom. The van der Waals surface area contributed by atoms with Crippen LogP contribution in [-0.4, -0.2) is 29.3 Å². The van der Waals surface area contributed by atoms with E-state index in [0.717, 1.165) is 24.2 Å². The van der Waals surface area contributed by atoms with Crippen molar-refractivity contribution in [1.82, 2.24) is 10.6 Å². The topological polar surface area (TPSA) is 101 Å². The third-order valence-electron chi connectivity index (χ3n) is 2.87. The van der Waals surface area contributed by atoms with Crippen LogP contribution in [-0.2, 0) is 4.79 Å². The molecule has 1 aliphatic heterocycles. The highest BCUT2D eigenvalue weighted by Crippen LogP contribution is 2.22. The average molecular weight is 283 g/mol. The van der Waals surface area contributed by atoms with Gasteiger partial charge in [-0.1, -0.05) is 11.3 Å². The monoisotopic (exact) mass is 283 g/mol. The van der Waals surface area contributed by atoms with E-state index in [1.165, 1.54) is 11.4 Å². The number of carbonyl (C=O) groups is 2. The fourth-order valence-corrected chi connectivity index (χ4v) is 2.56. The smallest absolute Gasteiger partial charge is 0.324 e. The first-order chi connectivity index (χ1) is 9.08. The zero-order valence-electron chi connectivity index (χ0n) is 10.0. The summed E-state index contributed by atoms with van der Waals surface area (Å²) in [5.74, 6) is -0.651. The van der Waals surface area contributed by atoms with Crippen LogP contribution in [0.4, 0.5) is 5.00 Å². The quantitative estimate of drug-likeness (QED) is 0.639. The number of carbonyl (C=O) groups excluding carboxylic acids is 2. The van der Waals surface area contributed by atoms with Crippen LogP contribution in [0, 0.1) is 10.1 Å². The second kappa shape index (κ2) is 5.79. The zero-order chi connectivity index (χ0) is 13.8. The molecular weight excluding hydrogens is 270 g/mol. The molecule has 8 heteroatoms. The second-order valence-corrected chi connectivity index (χ2v) is 5.13. The molecule has 1 saturated heterocycles. The van der Waals surface area contributed by atoms with Gasteiger partial charge in [0, 0.05) is 18.0 Å². The normalized spacial score (nSPS) is 19.4. The van der Waals surface area contributed by atoms with Crippen molar-refractivity contribution in [3.05, 3.63) is 27.1 Å². The van der Waals surface area contributed by atoms with E-state index < -0.39 is 16.9 Å². The number of rotatable bonds is 3. The van der Waals surface area contributed by atoms with Gasteiger partial charge in [0.1, 0.15) is 6.04 Å². The Morgan fingerprint density at radius 3 is 3.00 bits per heavy atom. The number of nitrogens with zero attached hydrogens (tertiary/aromatic N) is 1. The van der Waals surface area contributed by atoms with Gasteiger partial charge < -0.3 is 10.6 Å². The van der Waals surface area contributed by atoms with Crippen LogP contribution in [0.3, 0.4) is 0 Å². The van der Waals surface area contributed by atoms with Crippen molar-refractivity contribution in [2.24, 2.45) is 0 Å². The average Bonchev–Trinajstić information content (AvgIpc) is 2.78. The Kier molecular flexibility index (Phi) is 4.10. The van der Waals surface area contributed by atoms with Crippen molar-refractivity contribution in [3.63, 3.8) is 0 Å². The lowest BCUT2D eigenvalue weighted by atomic mass is 10.1. The lowest BCUT2D eigenvalue weighted by Crippen LogP contribution is -2.45. The molecular formula is C11H13N3O4S. The lowest BCUT2D eigenvalue weighted by Gasteiger charge is -2.14. The lowest BCUT2D eigenvalue weighted by molar-refractivity contribution is -0.380. The summed E-state index contributed by atoms with van der Waals surface area (Å²) in [6.45, 7) is 0.620.